The number of hydrogen-bond donors (Lipinski definition) is 0. The van der Waals surface area contributed by atoms with Gasteiger partial charge in [-0.15, -0.1) is 0 Å². The lowest BCUT2D eigenvalue weighted by Gasteiger charge is -2.13. The van der Waals surface area contributed by atoms with E-state index in [-0.39, 0.29) is 35.5 Å². The van der Waals surface area contributed by atoms with Crippen LogP contribution in [-0.2, 0) is 16.2 Å². The second kappa shape index (κ2) is 7.78. The Balaban J connectivity index is 1.31. The van der Waals surface area contributed by atoms with Crippen molar-refractivity contribution in [2.45, 2.75) is 13.0 Å². The molecule has 1 aliphatic heterocycles. The van der Waals surface area contributed by atoms with Crippen LogP contribution >= 0.6 is 31.9 Å². The molecule has 7 heteroatoms. The average Bonchev–Trinajstić information content (AvgIpc) is 3.41. The number of carbonyl (C=O) groups excluding carboxylic acids is 2. The molecular formula is C23H18Br2N2O3. The van der Waals surface area contributed by atoms with Gasteiger partial charge in [-0.05, 0) is 73.4 Å². The molecule has 0 spiro atoms. The first kappa shape index (κ1) is 19.7. The maximum Gasteiger partial charge on any atom is 0.254 e. The minimum absolute atomic E-state index is 0.181. The van der Waals surface area contributed by atoms with Gasteiger partial charge in [0, 0.05) is 0 Å². The Hall–Kier alpha value is -2.25. The normalized spacial score (nSPS) is 26.8. The first-order valence-corrected chi connectivity index (χ1v) is 11.4. The highest BCUT2D eigenvalue weighted by Crippen LogP contribution is 2.52. The van der Waals surface area contributed by atoms with Gasteiger partial charge in [0.15, 0.2) is 0 Å². The van der Waals surface area contributed by atoms with Crippen LogP contribution in [0.2, 0.25) is 0 Å². The molecule has 3 aliphatic rings. The lowest BCUT2D eigenvalue weighted by Crippen LogP contribution is -2.28. The molecule has 2 fully saturated rings. The monoisotopic (exact) mass is 528 g/mol. The molecule has 5 rings (SSSR count). The minimum Gasteiger partial charge on any atom is -0.487 e. The average molecular weight is 530 g/mol. The number of fused-ring (bicyclic) bond motifs is 5. The van der Waals surface area contributed by atoms with Crippen LogP contribution in [-0.4, -0.2) is 23.0 Å². The topological polar surface area (TPSA) is 59.0 Å². The molecule has 2 aromatic carbocycles. The van der Waals surface area contributed by atoms with E-state index in [0.29, 0.717) is 12.4 Å². The summed E-state index contributed by atoms with van der Waals surface area (Å²) in [4.78, 5) is 25.5. The Bertz CT molecular complexity index is 1030. The molecule has 0 aromatic heterocycles. The van der Waals surface area contributed by atoms with E-state index >= 15 is 0 Å². The van der Waals surface area contributed by atoms with E-state index in [9.17, 15) is 9.59 Å². The van der Waals surface area contributed by atoms with Gasteiger partial charge < -0.3 is 4.74 Å². The lowest BCUT2D eigenvalue weighted by molar-refractivity contribution is -0.140. The first-order valence-electron chi connectivity index (χ1n) is 9.79. The molecule has 1 saturated carbocycles. The van der Waals surface area contributed by atoms with Crippen molar-refractivity contribution in [1.29, 1.82) is 0 Å². The van der Waals surface area contributed by atoms with E-state index in [0.717, 1.165) is 31.5 Å². The molecule has 2 aliphatic carbocycles. The quantitative estimate of drug-likeness (QED) is 0.313. The number of nitrogens with zero attached hydrogens (tertiary/aromatic N) is 2. The van der Waals surface area contributed by atoms with E-state index in [1.807, 2.05) is 42.5 Å². The molecule has 2 bridgehead atoms. The fraction of sp³-hybridized carbons (Fsp3) is 0.261. The summed E-state index contributed by atoms with van der Waals surface area (Å²) >= 11 is 7.08. The number of hydrogen-bond acceptors (Lipinski definition) is 4. The smallest absolute Gasteiger partial charge is 0.254 e. The lowest BCUT2D eigenvalue weighted by atomic mass is 9.85. The van der Waals surface area contributed by atoms with Crippen molar-refractivity contribution >= 4 is 49.9 Å². The predicted octanol–water partition coefficient (Wildman–Crippen LogP) is 4.93. The Labute approximate surface area is 191 Å². The Morgan fingerprint density at radius 1 is 1.00 bits per heavy atom. The molecule has 2 amide bonds. The summed E-state index contributed by atoms with van der Waals surface area (Å²) in [5.41, 5.74) is 1.82. The summed E-state index contributed by atoms with van der Waals surface area (Å²) in [5, 5.41) is 5.30. The molecule has 1 heterocycles. The maximum absolute atomic E-state index is 12.7. The number of carbonyl (C=O) groups is 2. The van der Waals surface area contributed by atoms with Crippen LogP contribution in [0.4, 0.5) is 0 Å². The van der Waals surface area contributed by atoms with Gasteiger partial charge in [0.25, 0.3) is 11.8 Å². The SMILES string of the molecule is O=C1[C@@H]2[C@H](C(=O)N1N=Cc1cc(Br)c(OCc3ccccc3)c(Br)c1)[C@H]1C=C[C@H]2C1. The number of ether oxygens (including phenoxy) is 1. The molecule has 0 radical (unpaired) electrons. The van der Waals surface area contributed by atoms with Crippen molar-refractivity contribution in [3.05, 3.63) is 74.7 Å². The van der Waals surface area contributed by atoms with Gasteiger partial charge in [0.05, 0.1) is 27.0 Å². The number of amides is 2. The molecule has 0 unspecified atom stereocenters. The summed E-state index contributed by atoms with van der Waals surface area (Å²) in [6.45, 7) is 0.446. The van der Waals surface area contributed by atoms with Crippen LogP contribution in [0.15, 0.2) is 68.7 Å². The molecule has 152 valence electrons. The van der Waals surface area contributed by atoms with E-state index < -0.39 is 0 Å². The molecular weight excluding hydrogens is 512 g/mol. The number of rotatable bonds is 5. The van der Waals surface area contributed by atoms with Crippen LogP contribution < -0.4 is 4.74 Å². The van der Waals surface area contributed by atoms with Gasteiger partial charge in [-0.25, -0.2) is 0 Å². The van der Waals surface area contributed by atoms with Gasteiger partial charge in [0.2, 0.25) is 0 Å². The summed E-state index contributed by atoms with van der Waals surface area (Å²) in [7, 11) is 0. The highest BCUT2D eigenvalue weighted by molar-refractivity contribution is 9.11. The number of imide groups is 1. The zero-order valence-electron chi connectivity index (χ0n) is 15.9. The van der Waals surface area contributed by atoms with Gasteiger partial charge >= 0.3 is 0 Å². The predicted molar refractivity (Wildman–Crippen MR) is 120 cm³/mol. The van der Waals surface area contributed by atoms with Crippen molar-refractivity contribution < 1.29 is 14.3 Å². The van der Waals surface area contributed by atoms with Crippen molar-refractivity contribution in [2.24, 2.45) is 28.8 Å². The molecule has 30 heavy (non-hydrogen) atoms. The Kier molecular flexibility index (Phi) is 5.11. The van der Waals surface area contributed by atoms with Gasteiger partial charge in [0.1, 0.15) is 12.4 Å². The zero-order valence-corrected chi connectivity index (χ0v) is 19.0. The van der Waals surface area contributed by atoms with Crippen LogP contribution in [0.3, 0.4) is 0 Å². The van der Waals surface area contributed by atoms with Crippen LogP contribution in [0.1, 0.15) is 17.5 Å². The highest BCUT2D eigenvalue weighted by Gasteiger charge is 2.59. The van der Waals surface area contributed by atoms with E-state index in [2.05, 4.69) is 49.1 Å². The fourth-order valence-electron chi connectivity index (χ4n) is 4.65. The standard InChI is InChI=1S/C23H18Br2N2O3/c24-17-8-14(9-18(25)21(17)30-12-13-4-2-1-3-5-13)11-26-27-22(28)19-15-6-7-16(10-15)20(19)23(27)29/h1-9,11,15-16,19-20H,10,12H2/t15-,16-,19-,20+/m0/s1. The minimum atomic E-state index is -0.239. The molecule has 4 atom stereocenters. The number of benzene rings is 2. The van der Waals surface area contributed by atoms with Crippen molar-refractivity contribution in [2.75, 3.05) is 0 Å². The number of hydrazone groups is 1. The summed E-state index contributed by atoms with van der Waals surface area (Å²) < 4.78 is 7.45. The molecule has 5 nitrogen and oxygen atoms in total. The summed E-state index contributed by atoms with van der Waals surface area (Å²) in [6, 6.07) is 13.6. The Morgan fingerprint density at radius 3 is 2.20 bits per heavy atom. The molecule has 1 saturated heterocycles. The second-order valence-corrected chi connectivity index (χ2v) is 9.53. The van der Waals surface area contributed by atoms with Crippen molar-refractivity contribution in [3.63, 3.8) is 0 Å². The van der Waals surface area contributed by atoms with E-state index in [4.69, 9.17) is 4.74 Å². The highest BCUT2D eigenvalue weighted by atomic mass is 79.9. The van der Waals surface area contributed by atoms with Crippen molar-refractivity contribution in [1.82, 2.24) is 5.01 Å². The maximum atomic E-state index is 12.7. The van der Waals surface area contributed by atoms with Crippen LogP contribution in [0.5, 0.6) is 5.75 Å². The van der Waals surface area contributed by atoms with Gasteiger partial charge in [-0.3, -0.25) is 9.59 Å². The molecule has 0 N–H and O–H groups in total. The van der Waals surface area contributed by atoms with Gasteiger partial charge in [-0.2, -0.15) is 10.1 Å². The number of halogens is 2. The van der Waals surface area contributed by atoms with Crippen LogP contribution in [0.25, 0.3) is 0 Å². The third kappa shape index (κ3) is 3.34. The summed E-state index contributed by atoms with van der Waals surface area (Å²) in [6.07, 6.45) is 6.61. The van der Waals surface area contributed by atoms with E-state index in [1.165, 1.54) is 0 Å². The second-order valence-electron chi connectivity index (χ2n) is 7.82. The summed E-state index contributed by atoms with van der Waals surface area (Å²) in [5.74, 6) is 0.204. The van der Waals surface area contributed by atoms with Gasteiger partial charge in [-0.1, -0.05) is 42.5 Å². The Morgan fingerprint density at radius 2 is 1.60 bits per heavy atom. The van der Waals surface area contributed by atoms with Crippen LogP contribution in [0, 0.1) is 23.7 Å². The zero-order chi connectivity index (χ0) is 20.8. The molecule has 2 aromatic rings. The first-order chi connectivity index (χ1) is 14.5. The third-order valence-corrected chi connectivity index (χ3v) is 7.19. The third-order valence-electron chi connectivity index (χ3n) is 6.02. The van der Waals surface area contributed by atoms with E-state index in [1.54, 1.807) is 6.21 Å². The fourth-order valence-corrected chi connectivity index (χ4v) is 6.10. The number of allylic oxidation sites excluding steroid dienone is 2. The van der Waals surface area contributed by atoms with Crippen molar-refractivity contribution in [3.8, 4) is 5.75 Å². The largest absolute Gasteiger partial charge is 0.487 e.